The highest BCUT2D eigenvalue weighted by molar-refractivity contribution is 5.95. The molecule has 1 amide bonds. The average molecular weight is 267 g/mol. The minimum Gasteiger partial charge on any atom is -0.490 e. The molecule has 0 saturated carbocycles. The second-order valence-electron chi connectivity index (χ2n) is 3.82. The van der Waals surface area contributed by atoms with Gasteiger partial charge in [0.1, 0.15) is 0 Å². The van der Waals surface area contributed by atoms with E-state index >= 15 is 0 Å². The number of nitro groups is 1. The molecule has 0 fully saturated rings. The van der Waals surface area contributed by atoms with Gasteiger partial charge in [-0.05, 0) is 19.1 Å². The number of nitrogens with zero attached hydrogens (tertiary/aromatic N) is 2. The Bertz CT molecular complexity index is 476. The van der Waals surface area contributed by atoms with Crippen LogP contribution in [0.15, 0.2) is 18.2 Å². The highest BCUT2D eigenvalue weighted by Gasteiger charge is 2.20. The topological polar surface area (TPSA) is 98.7 Å². The number of likely N-dealkylation sites (N-methyl/N-ethyl adjacent to an activating group) is 1. The van der Waals surface area contributed by atoms with Crippen molar-refractivity contribution in [3.63, 3.8) is 0 Å². The first-order valence-electron chi connectivity index (χ1n) is 5.86. The first-order valence-corrected chi connectivity index (χ1v) is 5.86. The third-order valence-corrected chi connectivity index (χ3v) is 2.69. The van der Waals surface area contributed by atoms with Crippen LogP contribution in [0, 0.1) is 10.1 Å². The minimum atomic E-state index is -0.575. The third-order valence-electron chi connectivity index (χ3n) is 2.69. The summed E-state index contributed by atoms with van der Waals surface area (Å²) in [7, 11) is 1.34. The summed E-state index contributed by atoms with van der Waals surface area (Å²) in [6, 6.07) is 4.15. The van der Waals surface area contributed by atoms with Crippen LogP contribution < -0.4 is 10.5 Å². The summed E-state index contributed by atoms with van der Waals surface area (Å²) in [5.41, 5.74) is 5.45. The number of carbonyl (C=O) groups excluding carboxylic acids is 1. The van der Waals surface area contributed by atoms with E-state index in [1.54, 1.807) is 0 Å². The molecule has 0 spiro atoms. The Balaban J connectivity index is 3.10. The van der Waals surface area contributed by atoms with Crippen LogP contribution in [0.2, 0.25) is 0 Å². The van der Waals surface area contributed by atoms with Gasteiger partial charge in [-0.15, -0.1) is 0 Å². The Morgan fingerprint density at radius 1 is 1.53 bits per heavy atom. The maximum atomic E-state index is 12.1. The van der Waals surface area contributed by atoms with Crippen LogP contribution in [0.4, 0.5) is 5.69 Å². The van der Waals surface area contributed by atoms with E-state index in [0.717, 1.165) is 0 Å². The normalized spacial score (nSPS) is 10.1. The zero-order valence-corrected chi connectivity index (χ0v) is 11.0. The zero-order chi connectivity index (χ0) is 14.4. The molecule has 0 unspecified atom stereocenters. The number of nitrogens with two attached hydrogens (primary N) is 1. The van der Waals surface area contributed by atoms with Crippen LogP contribution in [0.25, 0.3) is 0 Å². The van der Waals surface area contributed by atoms with Gasteiger partial charge < -0.3 is 15.4 Å². The van der Waals surface area contributed by atoms with Gasteiger partial charge in [-0.2, -0.15) is 0 Å². The smallest absolute Gasteiger partial charge is 0.311 e. The molecule has 0 aromatic heterocycles. The van der Waals surface area contributed by atoms with Gasteiger partial charge in [-0.25, -0.2) is 0 Å². The number of hydrogen-bond donors (Lipinski definition) is 1. The lowest BCUT2D eigenvalue weighted by atomic mass is 10.1. The number of methoxy groups -OCH3 is 1. The number of carbonyl (C=O) groups is 1. The molecule has 0 atom stereocenters. The number of hydrogen-bond acceptors (Lipinski definition) is 5. The predicted molar refractivity (Wildman–Crippen MR) is 70.3 cm³/mol. The fourth-order valence-electron chi connectivity index (χ4n) is 1.71. The van der Waals surface area contributed by atoms with E-state index in [4.69, 9.17) is 10.5 Å². The van der Waals surface area contributed by atoms with Crippen LogP contribution in [0.1, 0.15) is 17.3 Å². The van der Waals surface area contributed by atoms with Crippen molar-refractivity contribution in [3.8, 4) is 5.75 Å². The molecule has 7 nitrogen and oxygen atoms in total. The lowest BCUT2D eigenvalue weighted by Gasteiger charge is -2.19. The molecule has 0 aliphatic heterocycles. The van der Waals surface area contributed by atoms with Crippen LogP contribution >= 0.6 is 0 Å². The summed E-state index contributed by atoms with van der Waals surface area (Å²) in [4.78, 5) is 24.0. The van der Waals surface area contributed by atoms with E-state index in [-0.39, 0.29) is 22.9 Å². The van der Waals surface area contributed by atoms with Gasteiger partial charge in [0.25, 0.3) is 5.91 Å². The highest BCUT2D eigenvalue weighted by atomic mass is 16.6. The van der Waals surface area contributed by atoms with E-state index < -0.39 is 4.92 Å². The molecule has 0 saturated heterocycles. The summed E-state index contributed by atoms with van der Waals surface area (Å²) in [6.07, 6.45) is 0. The summed E-state index contributed by atoms with van der Waals surface area (Å²) in [6.45, 7) is 3.08. The molecule has 1 aromatic carbocycles. The second-order valence-corrected chi connectivity index (χ2v) is 3.82. The van der Waals surface area contributed by atoms with Crippen molar-refractivity contribution in [2.75, 3.05) is 26.7 Å². The van der Waals surface area contributed by atoms with Crippen molar-refractivity contribution in [1.29, 1.82) is 0 Å². The van der Waals surface area contributed by atoms with E-state index in [1.807, 2.05) is 6.92 Å². The molecule has 0 heterocycles. The first kappa shape index (κ1) is 14.9. The molecule has 19 heavy (non-hydrogen) atoms. The summed E-state index contributed by atoms with van der Waals surface area (Å²) < 4.78 is 4.89. The third kappa shape index (κ3) is 3.41. The highest BCUT2D eigenvalue weighted by Crippen LogP contribution is 2.27. The lowest BCUT2D eigenvalue weighted by Crippen LogP contribution is -2.35. The molecule has 104 valence electrons. The lowest BCUT2D eigenvalue weighted by molar-refractivity contribution is -0.385. The maximum absolute atomic E-state index is 12.1. The van der Waals surface area contributed by atoms with E-state index in [9.17, 15) is 14.9 Å². The fourth-order valence-corrected chi connectivity index (χ4v) is 1.71. The molecule has 0 aliphatic rings. The van der Waals surface area contributed by atoms with Gasteiger partial charge in [0.15, 0.2) is 5.75 Å². The number of amides is 1. The zero-order valence-electron chi connectivity index (χ0n) is 11.0. The van der Waals surface area contributed by atoms with Gasteiger partial charge in [0.2, 0.25) is 0 Å². The van der Waals surface area contributed by atoms with Crippen molar-refractivity contribution in [2.24, 2.45) is 5.73 Å². The van der Waals surface area contributed by atoms with E-state index in [2.05, 4.69) is 0 Å². The number of ether oxygens (including phenoxy) is 1. The van der Waals surface area contributed by atoms with Crippen molar-refractivity contribution in [1.82, 2.24) is 4.90 Å². The Morgan fingerprint density at radius 3 is 2.68 bits per heavy atom. The Kier molecular flexibility index (Phi) is 5.25. The average Bonchev–Trinajstić information content (AvgIpc) is 2.43. The van der Waals surface area contributed by atoms with Crippen molar-refractivity contribution >= 4 is 11.6 Å². The van der Waals surface area contributed by atoms with Gasteiger partial charge >= 0.3 is 5.69 Å². The fraction of sp³-hybridized carbons (Fsp3) is 0.417. The SMILES string of the molecule is CCN(CCN)C(=O)c1ccc(OC)c([N+](=O)[O-])c1. The molecular weight excluding hydrogens is 250 g/mol. The standard InChI is InChI=1S/C12H17N3O4/c1-3-14(7-6-13)12(16)9-4-5-11(19-2)10(8-9)15(17)18/h4-5,8H,3,6-7,13H2,1-2H3. The van der Waals surface area contributed by atoms with Crippen molar-refractivity contribution < 1.29 is 14.5 Å². The number of rotatable bonds is 6. The second kappa shape index (κ2) is 6.69. The Hall–Kier alpha value is -2.15. The van der Waals surface area contributed by atoms with E-state index in [1.165, 1.54) is 30.2 Å². The van der Waals surface area contributed by atoms with Crippen molar-refractivity contribution in [2.45, 2.75) is 6.92 Å². The molecular formula is C12H17N3O4. The van der Waals surface area contributed by atoms with Gasteiger partial charge in [0.05, 0.1) is 12.0 Å². The molecule has 0 bridgehead atoms. The minimum absolute atomic E-state index is 0.128. The van der Waals surface area contributed by atoms with Gasteiger partial charge in [0, 0.05) is 31.3 Å². The van der Waals surface area contributed by atoms with Crippen LogP contribution in [-0.4, -0.2) is 42.5 Å². The largest absolute Gasteiger partial charge is 0.490 e. The van der Waals surface area contributed by atoms with Crippen LogP contribution in [0.5, 0.6) is 5.75 Å². The van der Waals surface area contributed by atoms with Gasteiger partial charge in [-0.1, -0.05) is 0 Å². The molecule has 1 aromatic rings. The quantitative estimate of drug-likeness (QED) is 0.613. The molecule has 0 radical (unpaired) electrons. The van der Waals surface area contributed by atoms with E-state index in [0.29, 0.717) is 19.6 Å². The summed E-state index contributed by atoms with van der Waals surface area (Å²) >= 11 is 0. The van der Waals surface area contributed by atoms with Crippen molar-refractivity contribution in [3.05, 3.63) is 33.9 Å². The molecule has 7 heteroatoms. The molecule has 2 N–H and O–H groups in total. The Labute approximate surface area is 111 Å². The molecule has 1 rings (SSSR count). The number of nitro benzene ring substituents is 1. The predicted octanol–water partition coefficient (Wildman–Crippen LogP) is 1.02. The monoisotopic (exact) mass is 267 g/mol. The van der Waals surface area contributed by atoms with Crippen LogP contribution in [-0.2, 0) is 0 Å². The Morgan fingerprint density at radius 2 is 2.21 bits per heavy atom. The summed E-state index contributed by atoms with van der Waals surface area (Å²) in [5.74, 6) is -0.151. The van der Waals surface area contributed by atoms with Crippen LogP contribution in [0.3, 0.4) is 0 Å². The number of benzene rings is 1. The first-order chi connectivity index (χ1) is 9.04. The maximum Gasteiger partial charge on any atom is 0.311 e. The summed E-state index contributed by atoms with van der Waals surface area (Å²) in [5, 5.41) is 10.9. The van der Waals surface area contributed by atoms with Gasteiger partial charge in [-0.3, -0.25) is 14.9 Å². The molecule has 0 aliphatic carbocycles.